The molecule has 0 spiro atoms. The van der Waals surface area contributed by atoms with Gasteiger partial charge in [-0.05, 0) is 42.8 Å². The number of piperazine rings is 1. The molecule has 4 rings (SSSR count). The van der Waals surface area contributed by atoms with E-state index in [2.05, 4.69) is 11.8 Å². The summed E-state index contributed by atoms with van der Waals surface area (Å²) in [6.45, 7) is 5.11. The predicted octanol–water partition coefficient (Wildman–Crippen LogP) is 5.74. The number of aryl methyl sites for hydroxylation is 1. The first-order valence-corrected chi connectivity index (χ1v) is 12.0. The summed E-state index contributed by atoms with van der Waals surface area (Å²) in [6, 6.07) is 11.7. The molecular formula is C21H21Cl2N3OS2. The Morgan fingerprint density at radius 1 is 1.10 bits per heavy atom. The van der Waals surface area contributed by atoms with E-state index in [0.29, 0.717) is 6.42 Å². The number of anilines is 1. The number of carbonyl (C=O) groups excluding carboxylic acids is 1. The lowest BCUT2D eigenvalue weighted by molar-refractivity contribution is -0.131. The molecule has 1 aliphatic rings. The Labute approximate surface area is 188 Å². The number of fused-ring (bicyclic) bond motifs is 1. The van der Waals surface area contributed by atoms with E-state index in [9.17, 15) is 4.79 Å². The number of carbonyl (C=O) groups is 1. The zero-order valence-electron chi connectivity index (χ0n) is 16.0. The highest BCUT2D eigenvalue weighted by molar-refractivity contribution is 7.99. The van der Waals surface area contributed by atoms with Crippen LogP contribution in [-0.2, 0) is 4.79 Å². The van der Waals surface area contributed by atoms with E-state index >= 15 is 0 Å². The Kier molecular flexibility index (Phi) is 6.54. The minimum absolute atomic E-state index is 0.217. The maximum absolute atomic E-state index is 12.6. The van der Waals surface area contributed by atoms with E-state index in [1.807, 2.05) is 41.3 Å². The highest BCUT2D eigenvalue weighted by Gasteiger charge is 2.23. The van der Waals surface area contributed by atoms with E-state index in [1.54, 1.807) is 23.1 Å². The lowest BCUT2D eigenvalue weighted by atomic mass is 10.2. The van der Waals surface area contributed by atoms with Gasteiger partial charge < -0.3 is 9.80 Å². The van der Waals surface area contributed by atoms with Gasteiger partial charge in [0.25, 0.3) is 0 Å². The van der Waals surface area contributed by atoms with Crippen molar-refractivity contribution in [1.82, 2.24) is 9.88 Å². The molecule has 0 atom stereocenters. The van der Waals surface area contributed by atoms with Crippen LogP contribution in [0.4, 0.5) is 5.13 Å². The molecular weight excluding hydrogens is 445 g/mol. The van der Waals surface area contributed by atoms with Crippen LogP contribution < -0.4 is 4.90 Å². The molecule has 0 aliphatic carbocycles. The van der Waals surface area contributed by atoms with Crippen molar-refractivity contribution >= 4 is 67.6 Å². The van der Waals surface area contributed by atoms with Crippen LogP contribution in [0.3, 0.4) is 0 Å². The zero-order chi connectivity index (χ0) is 20.4. The molecule has 8 heteroatoms. The first kappa shape index (κ1) is 20.8. The molecule has 0 saturated carbocycles. The molecule has 1 fully saturated rings. The van der Waals surface area contributed by atoms with Gasteiger partial charge in [0.05, 0.1) is 15.2 Å². The van der Waals surface area contributed by atoms with Crippen molar-refractivity contribution in [2.24, 2.45) is 0 Å². The Morgan fingerprint density at radius 3 is 2.52 bits per heavy atom. The van der Waals surface area contributed by atoms with Crippen LogP contribution in [0.25, 0.3) is 10.2 Å². The summed E-state index contributed by atoms with van der Waals surface area (Å²) in [5.74, 6) is 0.991. The maximum Gasteiger partial charge on any atom is 0.223 e. The van der Waals surface area contributed by atoms with Crippen LogP contribution in [-0.4, -0.2) is 47.7 Å². The number of nitrogens with zero attached hydrogens (tertiary/aromatic N) is 3. The topological polar surface area (TPSA) is 36.4 Å². The van der Waals surface area contributed by atoms with Gasteiger partial charge in [-0.15, -0.1) is 11.8 Å². The van der Waals surface area contributed by atoms with Crippen molar-refractivity contribution < 1.29 is 4.79 Å². The second-order valence-electron chi connectivity index (χ2n) is 6.96. The van der Waals surface area contributed by atoms with Crippen LogP contribution in [0.1, 0.15) is 12.0 Å². The van der Waals surface area contributed by atoms with Gasteiger partial charge in [0.15, 0.2) is 5.13 Å². The summed E-state index contributed by atoms with van der Waals surface area (Å²) in [7, 11) is 0. The minimum Gasteiger partial charge on any atom is -0.345 e. The molecule has 1 aliphatic heterocycles. The van der Waals surface area contributed by atoms with Gasteiger partial charge in [0.2, 0.25) is 5.91 Å². The van der Waals surface area contributed by atoms with Crippen LogP contribution >= 0.6 is 46.3 Å². The Hall–Kier alpha value is -1.47. The van der Waals surface area contributed by atoms with Crippen LogP contribution in [0, 0.1) is 6.92 Å². The van der Waals surface area contributed by atoms with Crippen molar-refractivity contribution in [2.75, 3.05) is 36.8 Å². The monoisotopic (exact) mass is 465 g/mol. The average molecular weight is 466 g/mol. The summed E-state index contributed by atoms with van der Waals surface area (Å²) in [5, 5.41) is 2.47. The molecule has 2 heterocycles. The standard InChI is InChI=1S/C21H21Cl2N3OS2/c1-14-2-7-17(23)20-19(14)24-21(29-20)26-11-9-25(10-12-26)18(27)8-13-28-16-5-3-15(22)4-6-16/h2-7H,8-13H2,1H3. The van der Waals surface area contributed by atoms with Crippen molar-refractivity contribution in [3.63, 3.8) is 0 Å². The molecule has 3 aromatic rings. The normalized spacial score (nSPS) is 14.6. The van der Waals surface area contributed by atoms with Gasteiger partial charge in [0.1, 0.15) is 0 Å². The van der Waals surface area contributed by atoms with Crippen molar-refractivity contribution in [3.05, 3.63) is 52.0 Å². The predicted molar refractivity (Wildman–Crippen MR) is 125 cm³/mol. The molecule has 1 amide bonds. The van der Waals surface area contributed by atoms with Gasteiger partial charge in [-0.3, -0.25) is 4.79 Å². The number of thioether (sulfide) groups is 1. The number of aromatic nitrogens is 1. The molecule has 1 aromatic heterocycles. The van der Waals surface area contributed by atoms with E-state index in [1.165, 1.54) is 0 Å². The third-order valence-electron chi connectivity index (χ3n) is 4.99. The summed E-state index contributed by atoms with van der Waals surface area (Å²) in [6.07, 6.45) is 0.545. The van der Waals surface area contributed by atoms with Crippen molar-refractivity contribution in [2.45, 2.75) is 18.2 Å². The van der Waals surface area contributed by atoms with E-state index in [4.69, 9.17) is 28.2 Å². The molecule has 1 saturated heterocycles. The fourth-order valence-electron chi connectivity index (χ4n) is 3.32. The fourth-order valence-corrected chi connectivity index (χ4v) is 5.65. The number of amides is 1. The molecule has 0 unspecified atom stereocenters. The number of thiazole rings is 1. The van der Waals surface area contributed by atoms with E-state index < -0.39 is 0 Å². The Bertz CT molecular complexity index is 976. The quantitative estimate of drug-likeness (QED) is 0.449. The number of rotatable bonds is 5. The van der Waals surface area contributed by atoms with Crippen LogP contribution in [0.15, 0.2) is 41.3 Å². The molecule has 0 radical (unpaired) electrons. The number of halogens is 2. The summed E-state index contributed by atoms with van der Waals surface area (Å²) in [4.78, 5) is 22.7. The van der Waals surface area contributed by atoms with E-state index in [-0.39, 0.29) is 5.91 Å². The fraction of sp³-hybridized carbons (Fsp3) is 0.333. The van der Waals surface area contributed by atoms with Gasteiger partial charge in [0, 0.05) is 48.3 Å². The SMILES string of the molecule is Cc1ccc(Cl)c2sc(N3CCN(C(=O)CCSc4ccc(Cl)cc4)CC3)nc12. The first-order chi connectivity index (χ1) is 14.0. The van der Waals surface area contributed by atoms with Crippen LogP contribution in [0.5, 0.6) is 0 Å². The minimum atomic E-state index is 0.217. The number of benzene rings is 2. The van der Waals surface area contributed by atoms with E-state index in [0.717, 1.165) is 67.8 Å². The van der Waals surface area contributed by atoms with Gasteiger partial charge in [-0.1, -0.05) is 40.6 Å². The Balaban J connectivity index is 1.30. The third kappa shape index (κ3) is 4.82. The lowest BCUT2D eigenvalue weighted by Gasteiger charge is -2.34. The largest absolute Gasteiger partial charge is 0.345 e. The van der Waals surface area contributed by atoms with Gasteiger partial charge in [-0.2, -0.15) is 0 Å². The first-order valence-electron chi connectivity index (χ1n) is 9.48. The van der Waals surface area contributed by atoms with Gasteiger partial charge in [-0.25, -0.2) is 4.98 Å². The second kappa shape index (κ2) is 9.13. The van der Waals surface area contributed by atoms with Gasteiger partial charge >= 0.3 is 0 Å². The molecule has 4 nitrogen and oxygen atoms in total. The van der Waals surface area contributed by atoms with Crippen molar-refractivity contribution in [1.29, 1.82) is 0 Å². The number of hydrogen-bond acceptors (Lipinski definition) is 5. The summed E-state index contributed by atoms with van der Waals surface area (Å²) in [5.41, 5.74) is 2.12. The second-order valence-corrected chi connectivity index (χ2v) is 9.95. The molecule has 2 aromatic carbocycles. The molecule has 0 N–H and O–H groups in total. The summed E-state index contributed by atoms with van der Waals surface area (Å²) >= 11 is 15.6. The molecule has 0 bridgehead atoms. The molecule has 29 heavy (non-hydrogen) atoms. The van der Waals surface area contributed by atoms with Crippen LogP contribution in [0.2, 0.25) is 10.0 Å². The smallest absolute Gasteiger partial charge is 0.223 e. The Morgan fingerprint density at radius 2 is 1.83 bits per heavy atom. The summed E-state index contributed by atoms with van der Waals surface area (Å²) < 4.78 is 1.04. The highest BCUT2D eigenvalue weighted by atomic mass is 35.5. The average Bonchev–Trinajstić information content (AvgIpc) is 3.19. The van der Waals surface area contributed by atoms with Crippen molar-refractivity contribution in [3.8, 4) is 0 Å². The zero-order valence-corrected chi connectivity index (χ0v) is 19.2. The highest BCUT2D eigenvalue weighted by Crippen LogP contribution is 2.35. The lowest BCUT2D eigenvalue weighted by Crippen LogP contribution is -2.48. The molecule has 152 valence electrons. The maximum atomic E-state index is 12.6. The third-order valence-corrected chi connectivity index (χ3v) is 7.83. The number of hydrogen-bond donors (Lipinski definition) is 0.